The number of H-pyrrole nitrogens is 1. The number of amides is 4. The van der Waals surface area contributed by atoms with Gasteiger partial charge in [0, 0.05) is 44.9 Å². The van der Waals surface area contributed by atoms with E-state index in [0.717, 1.165) is 11.1 Å². The first-order valence-electron chi connectivity index (χ1n) is 13.8. The van der Waals surface area contributed by atoms with Crippen molar-refractivity contribution in [2.45, 2.75) is 32.0 Å². The number of imide groups is 1. The summed E-state index contributed by atoms with van der Waals surface area (Å²) < 4.78 is 16.1. The van der Waals surface area contributed by atoms with Crippen molar-refractivity contribution in [1.82, 2.24) is 25.3 Å². The molecule has 0 bridgehead atoms. The highest BCUT2D eigenvalue weighted by Gasteiger charge is 2.40. The first-order valence-corrected chi connectivity index (χ1v) is 13.8. The summed E-state index contributed by atoms with van der Waals surface area (Å²) in [5, 5.41) is 15.4. The molecular weight excluding hydrogens is 548 g/mol. The molecule has 2 aliphatic rings. The quantitative estimate of drug-likeness (QED) is 0.0921. The molecule has 0 saturated carbocycles. The minimum Gasteiger partial charge on any atom is -0.380 e. The molecule has 228 valence electrons. The number of carbonyl (C=O) groups excluding carboxylic acids is 4. The molecule has 6 N–H and O–H groups in total. The van der Waals surface area contributed by atoms with Crippen LogP contribution in [0.1, 0.15) is 34.3 Å². The van der Waals surface area contributed by atoms with Crippen LogP contribution in [0.25, 0.3) is 0 Å². The number of aromatic amines is 1. The zero-order valence-corrected chi connectivity index (χ0v) is 23.6. The van der Waals surface area contributed by atoms with E-state index in [1.165, 1.54) is 4.90 Å². The molecule has 0 aliphatic carbocycles. The first kappa shape index (κ1) is 30.9. The molecule has 0 spiro atoms. The van der Waals surface area contributed by atoms with E-state index < -0.39 is 11.9 Å². The molecule has 1 atom stereocenters. The van der Waals surface area contributed by atoms with Crippen molar-refractivity contribution in [2.24, 2.45) is 5.73 Å². The Morgan fingerprint density at radius 1 is 1.12 bits per heavy atom. The summed E-state index contributed by atoms with van der Waals surface area (Å²) in [4.78, 5) is 53.7. The first-order chi connectivity index (χ1) is 20.4. The molecule has 1 aromatic heterocycles. The Hall–Kier alpha value is -4.05. The van der Waals surface area contributed by atoms with Gasteiger partial charge < -0.3 is 40.4 Å². The van der Waals surface area contributed by atoms with E-state index in [2.05, 4.69) is 26.1 Å². The van der Waals surface area contributed by atoms with Gasteiger partial charge in [0.05, 0.1) is 69.4 Å². The van der Waals surface area contributed by atoms with Crippen LogP contribution >= 0.6 is 0 Å². The van der Waals surface area contributed by atoms with Crippen molar-refractivity contribution < 1.29 is 33.4 Å². The highest BCUT2D eigenvalue weighted by atomic mass is 16.5. The monoisotopic (exact) mass is 586 g/mol. The molecule has 1 aromatic carbocycles. The topological polar surface area (TPSA) is 193 Å². The third kappa shape index (κ3) is 8.03. The van der Waals surface area contributed by atoms with Crippen molar-refractivity contribution in [1.29, 1.82) is 0 Å². The number of aromatic nitrogens is 2. The molecular formula is C27H38N8O7. The number of nitrogens with one attached hydrogen (secondary N) is 4. The lowest BCUT2D eigenvalue weighted by atomic mass is 10.0. The van der Waals surface area contributed by atoms with E-state index in [4.69, 9.17) is 19.9 Å². The third-order valence-electron chi connectivity index (χ3n) is 6.93. The SMILES string of the molecule is CN(Cc1cn[nH]c1)C(=O)CNc1ccc2c(c1NCCOCCOCCOCN)C(=O)N(C1CCC(=O)NC1=O)C2. The number of rotatable bonds is 17. The van der Waals surface area contributed by atoms with Gasteiger partial charge in [0.25, 0.3) is 5.91 Å². The van der Waals surface area contributed by atoms with Gasteiger partial charge >= 0.3 is 0 Å². The Labute approximate surface area is 243 Å². The lowest BCUT2D eigenvalue weighted by Gasteiger charge is -2.29. The van der Waals surface area contributed by atoms with E-state index in [0.29, 0.717) is 63.1 Å². The second-order valence-corrected chi connectivity index (χ2v) is 9.86. The maximum atomic E-state index is 13.6. The lowest BCUT2D eigenvalue weighted by molar-refractivity contribution is -0.137. The van der Waals surface area contributed by atoms with Crippen molar-refractivity contribution in [3.05, 3.63) is 41.2 Å². The molecule has 3 heterocycles. The second kappa shape index (κ2) is 15.3. The highest BCUT2D eigenvalue weighted by Crippen LogP contribution is 2.37. The molecule has 1 unspecified atom stereocenters. The zero-order chi connectivity index (χ0) is 29.9. The fourth-order valence-electron chi connectivity index (χ4n) is 4.79. The average Bonchev–Trinajstić information content (AvgIpc) is 3.60. The predicted octanol–water partition coefficient (Wildman–Crippen LogP) is -0.381. The van der Waals surface area contributed by atoms with Gasteiger partial charge in [-0.05, 0) is 18.1 Å². The van der Waals surface area contributed by atoms with Gasteiger partial charge in [-0.1, -0.05) is 6.07 Å². The molecule has 2 aromatic rings. The Kier molecular flexibility index (Phi) is 11.2. The van der Waals surface area contributed by atoms with E-state index in [9.17, 15) is 19.2 Å². The molecule has 1 saturated heterocycles. The number of fused-ring (bicyclic) bond motifs is 1. The zero-order valence-electron chi connectivity index (χ0n) is 23.6. The highest BCUT2D eigenvalue weighted by molar-refractivity contribution is 6.09. The summed E-state index contributed by atoms with van der Waals surface area (Å²) in [5.41, 5.74) is 8.40. The average molecular weight is 587 g/mol. The van der Waals surface area contributed by atoms with Crippen LogP contribution in [-0.4, -0.2) is 110 Å². The van der Waals surface area contributed by atoms with Gasteiger partial charge in [-0.3, -0.25) is 29.6 Å². The molecule has 15 heteroatoms. The standard InChI is InChI=1S/C27H38N8O7/c1-34(15-18-12-31-32-13-18)23(37)14-30-20-3-2-19-16-35(21-4-5-22(36)33-26(21)38)27(39)24(19)25(20)29-6-7-40-8-9-41-10-11-42-17-28/h2-3,12-13,21,29-30H,4-11,14-17,28H2,1H3,(H,31,32)(H,33,36,38). The van der Waals surface area contributed by atoms with Crippen LogP contribution in [0.3, 0.4) is 0 Å². The fourth-order valence-corrected chi connectivity index (χ4v) is 4.79. The van der Waals surface area contributed by atoms with Crippen LogP contribution in [-0.2, 0) is 41.7 Å². The summed E-state index contributed by atoms with van der Waals surface area (Å²) in [7, 11) is 1.70. The van der Waals surface area contributed by atoms with Gasteiger partial charge in [0.15, 0.2) is 0 Å². The second-order valence-electron chi connectivity index (χ2n) is 9.86. The van der Waals surface area contributed by atoms with Crippen LogP contribution in [0.4, 0.5) is 11.4 Å². The maximum Gasteiger partial charge on any atom is 0.257 e. The number of piperidine rings is 1. The van der Waals surface area contributed by atoms with Gasteiger partial charge in [-0.25, -0.2) is 0 Å². The molecule has 0 radical (unpaired) electrons. The van der Waals surface area contributed by atoms with Crippen LogP contribution in [0.2, 0.25) is 0 Å². The van der Waals surface area contributed by atoms with Crippen molar-refractivity contribution in [3.8, 4) is 0 Å². The van der Waals surface area contributed by atoms with E-state index in [-0.39, 0.29) is 50.4 Å². The number of likely N-dealkylation sites (N-methyl/N-ethyl adjacent to an activating group) is 1. The number of benzene rings is 1. The number of hydrogen-bond acceptors (Lipinski definition) is 11. The van der Waals surface area contributed by atoms with E-state index in [1.54, 1.807) is 24.3 Å². The molecule has 2 aliphatic heterocycles. The lowest BCUT2D eigenvalue weighted by Crippen LogP contribution is -2.52. The van der Waals surface area contributed by atoms with E-state index >= 15 is 0 Å². The normalized spacial score (nSPS) is 16.4. The summed E-state index contributed by atoms with van der Waals surface area (Å²) >= 11 is 0. The van der Waals surface area contributed by atoms with Gasteiger partial charge in [0.1, 0.15) is 6.04 Å². The molecule has 4 amide bonds. The maximum absolute atomic E-state index is 13.6. The predicted molar refractivity (Wildman–Crippen MR) is 151 cm³/mol. The Balaban J connectivity index is 1.41. The van der Waals surface area contributed by atoms with Gasteiger partial charge in [0.2, 0.25) is 17.7 Å². The number of carbonyl (C=O) groups is 4. The van der Waals surface area contributed by atoms with Gasteiger partial charge in [-0.15, -0.1) is 0 Å². The fraction of sp³-hybridized carbons (Fsp3) is 0.519. The third-order valence-corrected chi connectivity index (χ3v) is 6.93. The number of anilines is 2. The summed E-state index contributed by atoms with van der Waals surface area (Å²) in [6, 6.07) is 2.89. The largest absolute Gasteiger partial charge is 0.380 e. The van der Waals surface area contributed by atoms with Crippen LogP contribution in [0, 0.1) is 0 Å². The number of nitrogens with zero attached hydrogens (tertiary/aromatic N) is 3. The van der Waals surface area contributed by atoms with Crippen LogP contribution < -0.4 is 21.7 Å². The van der Waals surface area contributed by atoms with Crippen molar-refractivity contribution >= 4 is 35.0 Å². The minimum absolute atomic E-state index is 0.00538. The van der Waals surface area contributed by atoms with Crippen molar-refractivity contribution in [3.63, 3.8) is 0 Å². The minimum atomic E-state index is -0.733. The van der Waals surface area contributed by atoms with Crippen molar-refractivity contribution in [2.75, 3.05) is 70.5 Å². The Bertz CT molecular complexity index is 1240. The molecule has 42 heavy (non-hydrogen) atoms. The summed E-state index contributed by atoms with van der Waals surface area (Å²) in [5.74, 6) is -1.29. The molecule has 15 nitrogen and oxygen atoms in total. The summed E-state index contributed by atoms with van der Waals surface area (Å²) in [6.45, 7) is 3.10. The van der Waals surface area contributed by atoms with E-state index in [1.807, 2.05) is 12.1 Å². The number of nitrogens with two attached hydrogens (primary N) is 1. The number of ether oxygens (including phenoxy) is 3. The summed E-state index contributed by atoms with van der Waals surface area (Å²) in [6.07, 6.45) is 3.82. The van der Waals surface area contributed by atoms with Crippen LogP contribution in [0.15, 0.2) is 24.5 Å². The van der Waals surface area contributed by atoms with Crippen LogP contribution in [0.5, 0.6) is 0 Å². The smallest absolute Gasteiger partial charge is 0.257 e. The number of hydrogen-bond donors (Lipinski definition) is 5. The Morgan fingerprint density at radius 3 is 2.60 bits per heavy atom. The van der Waals surface area contributed by atoms with Gasteiger partial charge in [-0.2, -0.15) is 5.10 Å². The Morgan fingerprint density at radius 2 is 1.88 bits per heavy atom. The molecule has 4 rings (SSSR count). The molecule has 1 fully saturated rings.